The van der Waals surface area contributed by atoms with Crippen LogP contribution < -0.4 is 5.32 Å². The molecule has 0 atom stereocenters. The monoisotopic (exact) mass is 263 g/mol. The molecule has 0 aliphatic heterocycles. The van der Waals surface area contributed by atoms with Crippen molar-refractivity contribution in [3.8, 4) is 0 Å². The number of ether oxygens (including phenoxy) is 2. The first-order chi connectivity index (χ1) is 7.69. The van der Waals surface area contributed by atoms with E-state index in [0.29, 0.717) is 23.1 Å². The molecule has 1 aromatic carbocycles. The number of nitrogens with one attached hydrogen (secondary N) is 1. The van der Waals surface area contributed by atoms with Gasteiger partial charge in [-0.25, -0.2) is 0 Å². The molecular weight excluding hydrogens is 249 g/mol. The zero-order valence-corrected chi connectivity index (χ0v) is 10.8. The normalized spacial score (nSPS) is 11.1. The van der Waals surface area contributed by atoms with E-state index in [9.17, 15) is 0 Å². The van der Waals surface area contributed by atoms with E-state index in [2.05, 4.69) is 5.32 Å². The van der Waals surface area contributed by atoms with Crippen molar-refractivity contribution in [2.24, 2.45) is 0 Å². The van der Waals surface area contributed by atoms with Crippen LogP contribution in [-0.2, 0) is 16.0 Å². The molecule has 0 aliphatic carbocycles. The summed E-state index contributed by atoms with van der Waals surface area (Å²) >= 11 is 11.9. The Bertz CT molecular complexity index is 330. The fraction of sp³-hybridized carbons (Fsp3) is 0.455. The van der Waals surface area contributed by atoms with Gasteiger partial charge in [-0.15, -0.1) is 0 Å². The van der Waals surface area contributed by atoms with Gasteiger partial charge in [0, 0.05) is 27.3 Å². The van der Waals surface area contributed by atoms with Crippen molar-refractivity contribution < 1.29 is 9.47 Å². The predicted molar refractivity (Wildman–Crippen MR) is 66.0 cm³/mol. The van der Waals surface area contributed by atoms with Crippen molar-refractivity contribution >= 4 is 23.2 Å². The van der Waals surface area contributed by atoms with Crippen LogP contribution in [0.25, 0.3) is 0 Å². The molecule has 0 aromatic heterocycles. The van der Waals surface area contributed by atoms with Gasteiger partial charge in [-0.05, 0) is 11.6 Å². The van der Waals surface area contributed by atoms with Gasteiger partial charge < -0.3 is 14.8 Å². The van der Waals surface area contributed by atoms with E-state index in [-0.39, 0.29) is 6.29 Å². The largest absolute Gasteiger partial charge is 0.355 e. The molecule has 1 rings (SSSR count). The Morgan fingerprint density at radius 2 is 1.94 bits per heavy atom. The molecule has 0 fully saturated rings. The average molecular weight is 264 g/mol. The van der Waals surface area contributed by atoms with Gasteiger partial charge in [-0.2, -0.15) is 0 Å². The summed E-state index contributed by atoms with van der Waals surface area (Å²) in [7, 11) is 3.20. The summed E-state index contributed by atoms with van der Waals surface area (Å²) in [5, 5.41) is 4.33. The van der Waals surface area contributed by atoms with Gasteiger partial charge in [-0.3, -0.25) is 0 Å². The van der Waals surface area contributed by atoms with Gasteiger partial charge in [-0.1, -0.05) is 35.3 Å². The second kappa shape index (κ2) is 7.09. The van der Waals surface area contributed by atoms with Crippen LogP contribution in [0.2, 0.25) is 10.0 Å². The van der Waals surface area contributed by atoms with Crippen molar-refractivity contribution in [3.05, 3.63) is 33.8 Å². The smallest absolute Gasteiger partial charge is 0.169 e. The van der Waals surface area contributed by atoms with E-state index in [1.807, 2.05) is 12.1 Å². The van der Waals surface area contributed by atoms with Crippen molar-refractivity contribution in [1.82, 2.24) is 5.32 Å². The van der Waals surface area contributed by atoms with Gasteiger partial charge in [0.05, 0.1) is 10.0 Å². The lowest BCUT2D eigenvalue weighted by molar-refractivity contribution is -0.0989. The summed E-state index contributed by atoms with van der Waals surface area (Å²) in [5.74, 6) is 0. The fourth-order valence-electron chi connectivity index (χ4n) is 1.27. The molecule has 0 aliphatic rings. The van der Waals surface area contributed by atoms with Crippen LogP contribution in [-0.4, -0.2) is 27.1 Å². The Hall–Kier alpha value is -0.320. The quantitative estimate of drug-likeness (QED) is 0.801. The van der Waals surface area contributed by atoms with Crippen molar-refractivity contribution in [1.29, 1.82) is 0 Å². The van der Waals surface area contributed by atoms with Crippen molar-refractivity contribution in [2.45, 2.75) is 12.8 Å². The van der Waals surface area contributed by atoms with Crippen LogP contribution in [0.4, 0.5) is 0 Å². The lowest BCUT2D eigenvalue weighted by atomic mass is 10.2. The zero-order valence-electron chi connectivity index (χ0n) is 9.30. The topological polar surface area (TPSA) is 30.5 Å². The maximum atomic E-state index is 6.04. The Morgan fingerprint density at radius 3 is 2.56 bits per heavy atom. The second-order valence-corrected chi connectivity index (χ2v) is 4.03. The van der Waals surface area contributed by atoms with Crippen LogP contribution in [0.1, 0.15) is 5.56 Å². The van der Waals surface area contributed by atoms with Gasteiger partial charge >= 0.3 is 0 Å². The van der Waals surface area contributed by atoms with E-state index >= 15 is 0 Å². The summed E-state index contributed by atoms with van der Waals surface area (Å²) in [6, 6.07) is 5.56. The maximum Gasteiger partial charge on any atom is 0.169 e. The highest BCUT2D eigenvalue weighted by Crippen LogP contribution is 2.25. The molecule has 0 unspecified atom stereocenters. The number of halogens is 2. The summed E-state index contributed by atoms with van der Waals surface area (Å²) in [5.41, 5.74) is 0.958. The Morgan fingerprint density at radius 1 is 1.25 bits per heavy atom. The van der Waals surface area contributed by atoms with E-state index in [1.165, 1.54) is 0 Å². The SMILES string of the molecule is COC(CNCc1cccc(Cl)c1Cl)OC. The first kappa shape index (κ1) is 13.7. The van der Waals surface area contributed by atoms with Gasteiger partial charge in [0.1, 0.15) is 0 Å². The minimum absolute atomic E-state index is 0.252. The Labute approximate surface area is 106 Å². The number of methoxy groups -OCH3 is 2. The lowest BCUT2D eigenvalue weighted by Crippen LogP contribution is -2.29. The molecule has 0 bridgehead atoms. The summed E-state index contributed by atoms with van der Waals surface area (Å²) in [6.07, 6.45) is -0.252. The van der Waals surface area contributed by atoms with Crippen LogP contribution in [0, 0.1) is 0 Å². The van der Waals surface area contributed by atoms with Gasteiger partial charge in [0.15, 0.2) is 6.29 Å². The van der Waals surface area contributed by atoms with Crippen molar-refractivity contribution in [2.75, 3.05) is 20.8 Å². The summed E-state index contributed by atoms with van der Waals surface area (Å²) in [6.45, 7) is 1.22. The molecular formula is C11H15Cl2NO2. The Balaban J connectivity index is 2.46. The van der Waals surface area contributed by atoms with Crippen LogP contribution in [0.15, 0.2) is 18.2 Å². The van der Waals surface area contributed by atoms with Crippen LogP contribution >= 0.6 is 23.2 Å². The van der Waals surface area contributed by atoms with Crippen LogP contribution in [0.3, 0.4) is 0 Å². The summed E-state index contributed by atoms with van der Waals surface area (Å²) < 4.78 is 10.1. The highest BCUT2D eigenvalue weighted by Gasteiger charge is 2.06. The third-order valence-corrected chi connectivity index (χ3v) is 3.04. The molecule has 0 spiro atoms. The Kier molecular flexibility index (Phi) is 6.09. The molecule has 0 amide bonds. The molecule has 1 aromatic rings. The molecule has 5 heteroatoms. The van der Waals surface area contributed by atoms with E-state index in [1.54, 1.807) is 20.3 Å². The predicted octanol–water partition coefficient (Wildman–Crippen LogP) is 2.70. The second-order valence-electron chi connectivity index (χ2n) is 3.24. The molecule has 90 valence electrons. The van der Waals surface area contributed by atoms with E-state index < -0.39 is 0 Å². The zero-order chi connectivity index (χ0) is 12.0. The molecule has 0 saturated heterocycles. The molecule has 0 heterocycles. The first-order valence-electron chi connectivity index (χ1n) is 4.88. The summed E-state index contributed by atoms with van der Waals surface area (Å²) in [4.78, 5) is 0. The van der Waals surface area contributed by atoms with Crippen LogP contribution in [0.5, 0.6) is 0 Å². The molecule has 1 N–H and O–H groups in total. The number of hydrogen-bond acceptors (Lipinski definition) is 3. The molecule has 0 saturated carbocycles. The third kappa shape index (κ3) is 3.92. The van der Waals surface area contributed by atoms with Gasteiger partial charge in [0.25, 0.3) is 0 Å². The van der Waals surface area contributed by atoms with Crippen molar-refractivity contribution in [3.63, 3.8) is 0 Å². The van der Waals surface area contributed by atoms with E-state index in [4.69, 9.17) is 32.7 Å². The molecule has 0 radical (unpaired) electrons. The number of benzene rings is 1. The highest BCUT2D eigenvalue weighted by atomic mass is 35.5. The minimum atomic E-state index is -0.252. The fourth-order valence-corrected chi connectivity index (χ4v) is 1.66. The minimum Gasteiger partial charge on any atom is -0.355 e. The van der Waals surface area contributed by atoms with Gasteiger partial charge in [0.2, 0.25) is 0 Å². The molecule has 16 heavy (non-hydrogen) atoms. The third-order valence-electron chi connectivity index (χ3n) is 2.18. The molecule has 3 nitrogen and oxygen atoms in total. The average Bonchev–Trinajstić information content (AvgIpc) is 2.30. The maximum absolute atomic E-state index is 6.04. The number of hydrogen-bond donors (Lipinski definition) is 1. The standard InChI is InChI=1S/C11H15Cl2NO2/c1-15-10(16-2)7-14-6-8-4-3-5-9(12)11(8)13/h3-5,10,14H,6-7H2,1-2H3. The highest BCUT2D eigenvalue weighted by molar-refractivity contribution is 6.42. The van der Waals surface area contributed by atoms with E-state index in [0.717, 1.165) is 5.56 Å². The first-order valence-corrected chi connectivity index (χ1v) is 5.63. The lowest BCUT2D eigenvalue weighted by Gasteiger charge is -2.14. The number of rotatable bonds is 6.